The van der Waals surface area contributed by atoms with Crippen molar-refractivity contribution in [1.29, 1.82) is 0 Å². The molecule has 0 aliphatic carbocycles. The third-order valence-corrected chi connectivity index (χ3v) is 3.13. The van der Waals surface area contributed by atoms with Crippen LogP contribution in [0.2, 0.25) is 0 Å². The fourth-order valence-corrected chi connectivity index (χ4v) is 1.97. The maximum Gasteiger partial charge on any atom is 0.416 e. The molecule has 0 radical (unpaired) electrons. The number of carbonyl (C=O) groups excluding carboxylic acids is 1. The van der Waals surface area contributed by atoms with Crippen LogP contribution in [0, 0.1) is 0 Å². The Morgan fingerprint density at radius 1 is 1.00 bits per heavy atom. The Bertz CT molecular complexity index is 717. The smallest absolute Gasteiger partial charge is 0.416 e. The van der Waals surface area contributed by atoms with E-state index in [9.17, 15) is 18.0 Å². The number of rotatable bonds is 7. The highest BCUT2D eigenvalue weighted by molar-refractivity contribution is 5.66. The Morgan fingerprint density at radius 3 is 2.35 bits per heavy atom. The van der Waals surface area contributed by atoms with Gasteiger partial charge in [0.15, 0.2) is 0 Å². The molecule has 0 aliphatic rings. The van der Waals surface area contributed by atoms with Crippen LogP contribution in [0.25, 0.3) is 0 Å². The number of benzene rings is 2. The van der Waals surface area contributed by atoms with Gasteiger partial charge in [-0.15, -0.1) is 0 Å². The van der Waals surface area contributed by atoms with Gasteiger partial charge in [0.25, 0.3) is 0 Å². The highest BCUT2D eigenvalue weighted by Gasteiger charge is 2.30. The molecule has 5 nitrogen and oxygen atoms in total. The molecule has 0 fully saturated rings. The van der Waals surface area contributed by atoms with E-state index in [1.54, 1.807) is 31.2 Å². The SMILES string of the molecule is CCNC(=O)OCCOc1ccc(Oc2cccc(C(F)(F)F)c2)cc1. The first kappa shape index (κ1) is 19.4. The molecular weight excluding hydrogens is 351 g/mol. The summed E-state index contributed by atoms with van der Waals surface area (Å²) in [5, 5.41) is 2.48. The van der Waals surface area contributed by atoms with Gasteiger partial charge >= 0.3 is 12.3 Å². The van der Waals surface area contributed by atoms with Gasteiger partial charge in [-0.1, -0.05) is 6.07 Å². The number of hydrogen-bond donors (Lipinski definition) is 1. The Hall–Kier alpha value is -2.90. The van der Waals surface area contributed by atoms with Crippen molar-refractivity contribution in [3.63, 3.8) is 0 Å². The molecule has 0 aliphatic heterocycles. The lowest BCUT2D eigenvalue weighted by Gasteiger charge is -2.11. The second kappa shape index (κ2) is 8.98. The quantitative estimate of drug-likeness (QED) is 0.724. The van der Waals surface area contributed by atoms with Crippen LogP contribution in [0.3, 0.4) is 0 Å². The Morgan fingerprint density at radius 2 is 1.69 bits per heavy atom. The molecule has 0 saturated carbocycles. The minimum absolute atomic E-state index is 0.0869. The molecule has 1 N–H and O–H groups in total. The Kier molecular flexibility index (Phi) is 6.71. The fraction of sp³-hybridized carbons (Fsp3) is 0.278. The summed E-state index contributed by atoms with van der Waals surface area (Å²) >= 11 is 0. The van der Waals surface area contributed by atoms with E-state index in [1.807, 2.05) is 0 Å². The molecule has 140 valence electrons. The normalized spacial score (nSPS) is 10.9. The molecule has 2 aromatic rings. The lowest BCUT2D eigenvalue weighted by Crippen LogP contribution is -2.25. The van der Waals surface area contributed by atoms with Gasteiger partial charge in [-0.2, -0.15) is 13.2 Å². The molecule has 1 amide bonds. The van der Waals surface area contributed by atoms with Crippen molar-refractivity contribution in [1.82, 2.24) is 5.32 Å². The highest BCUT2D eigenvalue weighted by Crippen LogP contribution is 2.32. The number of ether oxygens (including phenoxy) is 3. The van der Waals surface area contributed by atoms with Crippen LogP contribution >= 0.6 is 0 Å². The van der Waals surface area contributed by atoms with Crippen LogP contribution in [0.1, 0.15) is 12.5 Å². The van der Waals surface area contributed by atoms with Crippen molar-refractivity contribution in [3.8, 4) is 17.2 Å². The van der Waals surface area contributed by atoms with Crippen LogP contribution in [0.15, 0.2) is 48.5 Å². The number of alkyl carbamates (subject to hydrolysis) is 1. The minimum atomic E-state index is -4.42. The number of halogens is 3. The van der Waals surface area contributed by atoms with Gasteiger partial charge in [-0.3, -0.25) is 0 Å². The highest BCUT2D eigenvalue weighted by atomic mass is 19.4. The third-order valence-electron chi connectivity index (χ3n) is 3.13. The fourth-order valence-electron chi connectivity index (χ4n) is 1.97. The molecule has 0 unspecified atom stereocenters. The summed E-state index contributed by atoms with van der Waals surface area (Å²) in [5.74, 6) is 0.972. The predicted octanol–water partition coefficient (Wildman–Crippen LogP) is 4.62. The number of carbonyl (C=O) groups is 1. The minimum Gasteiger partial charge on any atom is -0.490 e. The average Bonchev–Trinajstić information content (AvgIpc) is 2.60. The first-order valence-electron chi connectivity index (χ1n) is 7.87. The van der Waals surface area contributed by atoms with Gasteiger partial charge in [-0.25, -0.2) is 4.79 Å². The summed E-state index contributed by atoms with van der Waals surface area (Å²) < 4.78 is 53.7. The molecule has 2 aromatic carbocycles. The van der Waals surface area contributed by atoms with Crippen LogP contribution in [0.5, 0.6) is 17.2 Å². The van der Waals surface area contributed by atoms with Gasteiger partial charge in [0.1, 0.15) is 30.5 Å². The van der Waals surface area contributed by atoms with Crippen molar-refractivity contribution in [2.24, 2.45) is 0 Å². The first-order chi connectivity index (χ1) is 12.4. The van der Waals surface area contributed by atoms with Gasteiger partial charge in [-0.05, 0) is 49.4 Å². The maximum atomic E-state index is 12.7. The van der Waals surface area contributed by atoms with E-state index in [4.69, 9.17) is 14.2 Å². The summed E-state index contributed by atoms with van der Waals surface area (Å²) in [6, 6.07) is 11.0. The second-order valence-corrected chi connectivity index (χ2v) is 5.11. The van der Waals surface area contributed by atoms with Gasteiger partial charge in [0.05, 0.1) is 5.56 Å². The van der Waals surface area contributed by atoms with Crippen molar-refractivity contribution in [2.75, 3.05) is 19.8 Å². The zero-order chi connectivity index (χ0) is 19.0. The van der Waals surface area contributed by atoms with Gasteiger partial charge in [0.2, 0.25) is 0 Å². The molecule has 0 spiro atoms. The molecule has 0 heterocycles. The second-order valence-electron chi connectivity index (χ2n) is 5.11. The number of amides is 1. The maximum absolute atomic E-state index is 12.7. The van der Waals surface area contributed by atoms with E-state index in [-0.39, 0.29) is 19.0 Å². The Balaban J connectivity index is 1.85. The summed E-state index contributed by atoms with van der Waals surface area (Å²) in [6.07, 6.45) is -4.94. The molecule has 0 saturated heterocycles. The summed E-state index contributed by atoms with van der Waals surface area (Å²) in [7, 11) is 0. The first-order valence-corrected chi connectivity index (χ1v) is 7.87. The van der Waals surface area contributed by atoms with Crippen LogP contribution < -0.4 is 14.8 Å². The van der Waals surface area contributed by atoms with E-state index >= 15 is 0 Å². The number of alkyl halides is 3. The summed E-state index contributed by atoms with van der Waals surface area (Å²) in [4.78, 5) is 11.1. The number of nitrogens with one attached hydrogen (secondary N) is 1. The van der Waals surface area contributed by atoms with E-state index in [0.29, 0.717) is 18.0 Å². The zero-order valence-corrected chi connectivity index (χ0v) is 14.0. The molecule has 0 aromatic heterocycles. The van der Waals surface area contributed by atoms with E-state index in [1.165, 1.54) is 12.1 Å². The van der Waals surface area contributed by atoms with Crippen LogP contribution in [0.4, 0.5) is 18.0 Å². The lowest BCUT2D eigenvalue weighted by molar-refractivity contribution is -0.137. The standard InChI is InChI=1S/C18H18F3NO4/c1-2-22-17(23)25-11-10-24-14-6-8-15(9-7-14)26-16-5-3-4-13(12-16)18(19,20)21/h3-9,12H,2,10-11H2,1H3,(H,22,23). The van der Waals surface area contributed by atoms with Crippen molar-refractivity contribution >= 4 is 6.09 Å². The van der Waals surface area contributed by atoms with E-state index < -0.39 is 17.8 Å². The molecule has 26 heavy (non-hydrogen) atoms. The third kappa shape index (κ3) is 6.19. The van der Waals surface area contributed by atoms with Gasteiger partial charge in [0, 0.05) is 6.54 Å². The van der Waals surface area contributed by atoms with Gasteiger partial charge < -0.3 is 19.5 Å². The monoisotopic (exact) mass is 369 g/mol. The van der Waals surface area contributed by atoms with Crippen molar-refractivity contribution in [3.05, 3.63) is 54.1 Å². The summed E-state index contributed by atoms with van der Waals surface area (Å²) in [5.41, 5.74) is -0.776. The van der Waals surface area contributed by atoms with E-state index in [2.05, 4.69) is 5.32 Å². The van der Waals surface area contributed by atoms with Crippen molar-refractivity contribution in [2.45, 2.75) is 13.1 Å². The van der Waals surface area contributed by atoms with Crippen LogP contribution in [-0.2, 0) is 10.9 Å². The molecule has 0 atom stereocenters. The van der Waals surface area contributed by atoms with E-state index in [0.717, 1.165) is 12.1 Å². The molecule has 2 rings (SSSR count). The largest absolute Gasteiger partial charge is 0.490 e. The molecule has 8 heteroatoms. The predicted molar refractivity (Wildman–Crippen MR) is 88.5 cm³/mol. The lowest BCUT2D eigenvalue weighted by atomic mass is 10.2. The summed E-state index contributed by atoms with van der Waals surface area (Å²) in [6.45, 7) is 2.52. The van der Waals surface area contributed by atoms with Crippen molar-refractivity contribution < 1.29 is 32.2 Å². The molecular formula is C18H18F3NO4. The number of hydrogen-bond acceptors (Lipinski definition) is 4. The Labute approximate surface area is 148 Å². The topological polar surface area (TPSA) is 56.8 Å². The molecule has 0 bridgehead atoms. The average molecular weight is 369 g/mol. The zero-order valence-electron chi connectivity index (χ0n) is 14.0. The van der Waals surface area contributed by atoms with Crippen LogP contribution in [-0.4, -0.2) is 25.9 Å².